The number of rotatable bonds is 3. The lowest BCUT2D eigenvalue weighted by molar-refractivity contribution is 0.415. The van der Waals surface area contributed by atoms with Crippen LogP contribution in [-0.4, -0.2) is 16.7 Å². The molecule has 2 heterocycles. The van der Waals surface area contributed by atoms with Gasteiger partial charge in [0.25, 0.3) is 0 Å². The molecule has 0 radical (unpaired) electrons. The van der Waals surface area contributed by atoms with E-state index < -0.39 is 0 Å². The Hall–Kier alpha value is -2.43. The number of hydrogen-bond acceptors (Lipinski definition) is 4. The molecular formula is C13H13N3O2. The molecule has 0 aliphatic heterocycles. The number of fused-ring (bicyclic) bond motifs is 1. The van der Waals surface area contributed by atoms with Gasteiger partial charge in [0.2, 0.25) is 5.95 Å². The fraction of sp³-hybridized carbons (Fsp3) is 0.154. The molecule has 3 aromatic rings. The molecule has 5 nitrogen and oxygen atoms in total. The van der Waals surface area contributed by atoms with E-state index in [9.17, 15) is 0 Å². The number of nitrogens with two attached hydrogens (primary N) is 1. The number of hydrogen-bond donors (Lipinski definition) is 1. The van der Waals surface area contributed by atoms with Gasteiger partial charge >= 0.3 is 0 Å². The zero-order valence-corrected chi connectivity index (χ0v) is 9.96. The Morgan fingerprint density at radius 3 is 3.00 bits per heavy atom. The normalized spacial score (nSPS) is 10.9. The highest BCUT2D eigenvalue weighted by Gasteiger charge is 2.10. The number of ether oxygens (including phenoxy) is 1. The molecule has 2 N–H and O–H groups in total. The lowest BCUT2D eigenvalue weighted by Gasteiger charge is -2.05. The van der Waals surface area contributed by atoms with E-state index in [1.54, 1.807) is 19.6 Å². The maximum atomic E-state index is 5.94. The summed E-state index contributed by atoms with van der Waals surface area (Å²) in [6.45, 7) is 0.631. The summed E-state index contributed by atoms with van der Waals surface area (Å²) in [5, 5.41) is 0. The average Bonchev–Trinajstić information content (AvgIpc) is 2.99. The third-order valence-corrected chi connectivity index (χ3v) is 2.91. The minimum Gasteiger partial charge on any atom is -0.497 e. The van der Waals surface area contributed by atoms with E-state index in [4.69, 9.17) is 14.9 Å². The van der Waals surface area contributed by atoms with Gasteiger partial charge in [-0.25, -0.2) is 4.98 Å². The summed E-state index contributed by atoms with van der Waals surface area (Å²) in [6, 6.07) is 7.61. The van der Waals surface area contributed by atoms with E-state index in [0.717, 1.165) is 22.3 Å². The fourth-order valence-electron chi connectivity index (χ4n) is 1.98. The van der Waals surface area contributed by atoms with Gasteiger partial charge in [-0.3, -0.25) is 0 Å². The molecule has 0 fully saturated rings. The van der Waals surface area contributed by atoms with E-state index in [1.807, 2.05) is 28.8 Å². The van der Waals surface area contributed by atoms with E-state index in [1.165, 1.54) is 0 Å². The largest absolute Gasteiger partial charge is 0.497 e. The second-order valence-electron chi connectivity index (χ2n) is 4.04. The molecule has 0 spiro atoms. The van der Waals surface area contributed by atoms with Crippen LogP contribution in [0.25, 0.3) is 11.0 Å². The van der Waals surface area contributed by atoms with Gasteiger partial charge in [-0.2, -0.15) is 0 Å². The van der Waals surface area contributed by atoms with Gasteiger partial charge in [-0.1, -0.05) is 0 Å². The van der Waals surface area contributed by atoms with E-state index in [2.05, 4.69) is 4.98 Å². The lowest BCUT2D eigenvalue weighted by Crippen LogP contribution is -2.03. The van der Waals surface area contributed by atoms with Gasteiger partial charge in [0.05, 0.1) is 37.2 Å². The van der Waals surface area contributed by atoms with Crippen molar-refractivity contribution in [2.75, 3.05) is 12.8 Å². The van der Waals surface area contributed by atoms with Crippen LogP contribution < -0.4 is 10.5 Å². The predicted octanol–water partition coefficient (Wildman–Crippen LogP) is 2.27. The first kappa shape index (κ1) is 10.7. The topological polar surface area (TPSA) is 66.2 Å². The molecule has 5 heteroatoms. The summed E-state index contributed by atoms with van der Waals surface area (Å²) in [5.74, 6) is 1.27. The molecule has 2 aromatic heterocycles. The van der Waals surface area contributed by atoms with Crippen molar-refractivity contribution < 1.29 is 9.15 Å². The van der Waals surface area contributed by atoms with Crippen molar-refractivity contribution in [3.63, 3.8) is 0 Å². The first-order valence-electron chi connectivity index (χ1n) is 5.59. The summed E-state index contributed by atoms with van der Waals surface area (Å²) < 4.78 is 12.2. The number of nitrogens with zero attached hydrogens (tertiary/aromatic N) is 2. The number of benzene rings is 1. The molecule has 3 rings (SSSR count). The molecule has 18 heavy (non-hydrogen) atoms. The van der Waals surface area contributed by atoms with Crippen molar-refractivity contribution in [2.24, 2.45) is 0 Å². The zero-order valence-electron chi connectivity index (χ0n) is 9.96. The number of imidazole rings is 1. The Balaban J connectivity index is 2.11. The van der Waals surface area contributed by atoms with Crippen molar-refractivity contribution in [3.05, 3.63) is 42.4 Å². The number of nitrogen functional groups attached to an aromatic ring is 1. The minimum absolute atomic E-state index is 0.486. The first-order valence-corrected chi connectivity index (χ1v) is 5.59. The van der Waals surface area contributed by atoms with Gasteiger partial charge in [-0.05, 0) is 18.2 Å². The number of furan rings is 1. The summed E-state index contributed by atoms with van der Waals surface area (Å²) in [5.41, 5.74) is 8.80. The molecule has 0 saturated carbocycles. The lowest BCUT2D eigenvalue weighted by atomic mass is 10.3. The number of aromatic nitrogens is 2. The van der Waals surface area contributed by atoms with Gasteiger partial charge in [0, 0.05) is 11.6 Å². The fourth-order valence-corrected chi connectivity index (χ4v) is 1.98. The average molecular weight is 243 g/mol. The Bertz CT molecular complexity index is 671. The van der Waals surface area contributed by atoms with Crippen LogP contribution in [0.15, 0.2) is 41.2 Å². The Labute approximate surface area is 104 Å². The molecule has 0 aliphatic carbocycles. The predicted molar refractivity (Wildman–Crippen MR) is 68.5 cm³/mol. The van der Waals surface area contributed by atoms with Crippen molar-refractivity contribution in [1.29, 1.82) is 0 Å². The minimum atomic E-state index is 0.486. The SMILES string of the molecule is COc1ccc2nc(N)n(Cc3ccoc3)c2c1. The molecule has 0 saturated heterocycles. The molecule has 0 amide bonds. The van der Waals surface area contributed by atoms with Crippen LogP contribution >= 0.6 is 0 Å². The quantitative estimate of drug-likeness (QED) is 0.766. The number of anilines is 1. The van der Waals surface area contributed by atoms with E-state index in [-0.39, 0.29) is 0 Å². The van der Waals surface area contributed by atoms with Crippen molar-refractivity contribution in [2.45, 2.75) is 6.54 Å². The summed E-state index contributed by atoms with van der Waals surface area (Å²) in [7, 11) is 1.64. The van der Waals surface area contributed by atoms with Crippen molar-refractivity contribution in [1.82, 2.24) is 9.55 Å². The maximum absolute atomic E-state index is 5.94. The van der Waals surface area contributed by atoms with Gasteiger partial charge in [0.15, 0.2) is 0 Å². The van der Waals surface area contributed by atoms with E-state index in [0.29, 0.717) is 12.5 Å². The maximum Gasteiger partial charge on any atom is 0.201 e. The summed E-state index contributed by atoms with van der Waals surface area (Å²) >= 11 is 0. The van der Waals surface area contributed by atoms with Crippen LogP contribution in [0.3, 0.4) is 0 Å². The van der Waals surface area contributed by atoms with Crippen LogP contribution in [0.5, 0.6) is 5.75 Å². The molecule has 0 atom stereocenters. The van der Waals surface area contributed by atoms with Crippen LogP contribution in [-0.2, 0) is 6.54 Å². The highest BCUT2D eigenvalue weighted by atomic mass is 16.5. The Kier molecular flexibility index (Phi) is 2.44. The molecule has 1 aromatic carbocycles. The van der Waals surface area contributed by atoms with Crippen molar-refractivity contribution in [3.8, 4) is 5.75 Å². The van der Waals surface area contributed by atoms with Gasteiger partial charge in [-0.15, -0.1) is 0 Å². The molecule has 92 valence electrons. The van der Waals surface area contributed by atoms with Crippen LogP contribution in [0.2, 0.25) is 0 Å². The van der Waals surface area contributed by atoms with E-state index >= 15 is 0 Å². The molecule has 0 aliphatic rings. The second kappa shape index (κ2) is 4.10. The summed E-state index contributed by atoms with van der Waals surface area (Å²) in [6.07, 6.45) is 3.34. The molecular weight excluding hydrogens is 230 g/mol. The van der Waals surface area contributed by atoms with Gasteiger partial charge in [0.1, 0.15) is 5.75 Å². The zero-order chi connectivity index (χ0) is 12.5. The Morgan fingerprint density at radius 1 is 1.39 bits per heavy atom. The highest BCUT2D eigenvalue weighted by Crippen LogP contribution is 2.24. The monoisotopic (exact) mass is 243 g/mol. The van der Waals surface area contributed by atoms with Crippen LogP contribution in [0.1, 0.15) is 5.56 Å². The standard InChI is InChI=1S/C13H13N3O2/c1-17-10-2-3-11-12(6-10)16(13(14)15-11)7-9-4-5-18-8-9/h2-6,8H,7H2,1H3,(H2,14,15). The smallest absolute Gasteiger partial charge is 0.201 e. The number of methoxy groups -OCH3 is 1. The molecule has 0 bridgehead atoms. The van der Waals surface area contributed by atoms with Crippen LogP contribution in [0.4, 0.5) is 5.95 Å². The van der Waals surface area contributed by atoms with Crippen LogP contribution in [0, 0.1) is 0 Å². The second-order valence-corrected chi connectivity index (χ2v) is 4.04. The third-order valence-electron chi connectivity index (χ3n) is 2.91. The van der Waals surface area contributed by atoms with Gasteiger partial charge < -0.3 is 19.5 Å². The summed E-state index contributed by atoms with van der Waals surface area (Å²) in [4.78, 5) is 4.32. The first-order chi connectivity index (χ1) is 8.78. The van der Waals surface area contributed by atoms with Crippen molar-refractivity contribution >= 4 is 17.0 Å². The Morgan fingerprint density at radius 2 is 2.28 bits per heavy atom. The third kappa shape index (κ3) is 1.69. The molecule has 0 unspecified atom stereocenters. The highest BCUT2D eigenvalue weighted by molar-refractivity contribution is 5.80.